The third-order valence-corrected chi connectivity index (χ3v) is 10.2. The van der Waals surface area contributed by atoms with E-state index in [0.717, 1.165) is 23.2 Å². The van der Waals surface area contributed by atoms with Gasteiger partial charge in [-0.05, 0) is 56.2 Å². The van der Waals surface area contributed by atoms with E-state index in [-0.39, 0.29) is 48.7 Å². The lowest BCUT2D eigenvalue weighted by Crippen LogP contribution is -2.57. The topological polar surface area (TPSA) is 87.2 Å². The molecule has 1 aromatic rings. The minimum Gasteiger partial charge on any atom is -0.465 e. The van der Waals surface area contributed by atoms with Gasteiger partial charge in [-0.3, -0.25) is 14.4 Å². The molecule has 0 aromatic heterocycles. The molecule has 3 fully saturated rings. The average molecular weight is 527 g/mol. The van der Waals surface area contributed by atoms with Crippen LogP contribution in [0.2, 0.25) is 0 Å². The van der Waals surface area contributed by atoms with Crippen molar-refractivity contribution in [2.75, 3.05) is 31.2 Å². The molecule has 3 aliphatic heterocycles. The van der Waals surface area contributed by atoms with Gasteiger partial charge in [-0.1, -0.05) is 31.2 Å². The molecule has 7 nitrogen and oxygen atoms in total. The van der Waals surface area contributed by atoms with E-state index in [0.29, 0.717) is 19.4 Å². The zero-order chi connectivity index (χ0) is 26.9. The fourth-order valence-corrected chi connectivity index (χ4v) is 8.89. The summed E-state index contributed by atoms with van der Waals surface area (Å²) >= 11 is 1.63. The highest BCUT2D eigenvalue weighted by atomic mass is 32.2. The zero-order valence-electron chi connectivity index (χ0n) is 22.0. The van der Waals surface area contributed by atoms with Crippen LogP contribution in [0.25, 0.3) is 0 Å². The van der Waals surface area contributed by atoms with E-state index >= 15 is 0 Å². The van der Waals surface area contributed by atoms with Crippen LogP contribution in [0.4, 0.5) is 5.69 Å². The number of benzene rings is 1. The van der Waals surface area contributed by atoms with Crippen LogP contribution in [0.1, 0.15) is 37.3 Å². The molecular formula is C29H38N2O5S. The fraction of sp³-hybridized carbons (Fsp3) is 0.552. The number of ether oxygens (including phenoxy) is 1. The second-order valence-corrected chi connectivity index (χ2v) is 12.0. The fourth-order valence-electron chi connectivity index (χ4n) is 6.48. The van der Waals surface area contributed by atoms with Gasteiger partial charge in [-0.2, -0.15) is 0 Å². The van der Waals surface area contributed by atoms with E-state index in [1.165, 1.54) is 0 Å². The molecule has 4 rings (SSSR count). The molecule has 3 saturated heterocycles. The molecule has 1 N–H and O–H groups in total. The Labute approximate surface area is 223 Å². The number of amides is 2. The summed E-state index contributed by atoms with van der Waals surface area (Å²) in [7, 11) is 0. The summed E-state index contributed by atoms with van der Waals surface area (Å²) in [5.74, 6) is -1.85. The number of likely N-dealkylation sites (tertiary alicyclic amines) is 1. The Morgan fingerprint density at radius 2 is 2.05 bits per heavy atom. The highest BCUT2D eigenvalue weighted by Gasteiger charge is 2.76. The predicted octanol–water partition coefficient (Wildman–Crippen LogP) is 3.66. The molecule has 2 bridgehead atoms. The molecule has 0 radical (unpaired) electrons. The smallest absolute Gasteiger partial charge is 0.310 e. The van der Waals surface area contributed by atoms with Crippen molar-refractivity contribution in [2.45, 2.75) is 56.1 Å². The molecule has 2 amide bonds. The molecule has 0 aliphatic carbocycles. The average Bonchev–Trinajstić information content (AvgIpc) is 3.46. The molecule has 6 atom stereocenters. The molecule has 3 aliphatic rings. The van der Waals surface area contributed by atoms with Crippen LogP contribution < -0.4 is 4.90 Å². The molecular weight excluding hydrogens is 488 g/mol. The van der Waals surface area contributed by atoms with Crippen molar-refractivity contribution in [3.63, 3.8) is 0 Å². The van der Waals surface area contributed by atoms with Gasteiger partial charge < -0.3 is 19.6 Å². The molecule has 200 valence electrons. The van der Waals surface area contributed by atoms with Crippen molar-refractivity contribution in [3.8, 4) is 0 Å². The first-order valence-corrected chi connectivity index (χ1v) is 14.0. The predicted molar refractivity (Wildman–Crippen MR) is 146 cm³/mol. The molecule has 37 heavy (non-hydrogen) atoms. The Balaban J connectivity index is 1.78. The van der Waals surface area contributed by atoms with Gasteiger partial charge in [0, 0.05) is 30.6 Å². The number of hydrogen-bond acceptors (Lipinski definition) is 6. The maximum absolute atomic E-state index is 14.6. The van der Waals surface area contributed by atoms with Crippen LogP contribution in [0, 0.1) is 31.6 Å². The number of fused-ring (bicyclic) bond motifs is 1. The lowest BCUT2D eigenvalue weighted by Gasteiger charge is -2.40. The number of esters is 1. The lowest BCUT2D eigenvalue weighted by atomic mass is 9.66. The first kappa shape index (κ1) is 27.5. The summed E-state index contributed by atoms with van der Waals surface area (Å²) in [6, 6.07) is 5.25. The van der Waals surface area contributed by atoms with Crippen LogP contribution >= 0.6 is 11.8 Å². The van der Waals surface area contributed by atoms with Gasteiger partial charge in [0.25, 0.3) is 5.91 Å². The van der Waals surface area contributed by atoms with Crippen molar-refractivity contribution in [1.29, 1.82) is 0 Å². The maximum Gasteiger partial charge on any atom is 0.310 e. The van der Waals surface area contributed by atoms with E-state index < -0.39 is 22.6 Å². The minimum absolute atomic E-state index is 0.0611. The number of hydrogen-bond donors (Lipinski definition) is 1. The number of rotatable bonds is 11. The normalized spacial score (nSPS) is 29.8. The summed E-state index contributed by atoms with van der Waals surface area (Å²) in [5, 5.41) is 9.52. The first-order valence-electron chi connectivity index (χ1n) is 13.1. The largest absolute Gasteiger partial charge is 0.465 e. The van der Waals surface area contributed by atoms with Gasteiger partial charge in [-0.15, -0.1) is 24.9 Å². The number of nitrogens with zero attached hydrogens (tertiary/aromatic N) is 2. The molecule has 1 aromatic carbocycles. The second-order valence-electron chi connectivity index (χ2n) is 10.4. The quantitative estimate of drug-likeness (QED) is 0.269. The third kappa shape index (κ3) is 4.52. The van der Waals surface area contributed by atoms with Crippen molar-refractivity contribution < 1.29 is 24.2 Å². The van der Waals surface area contributed by atoms with Crippen LogP contribution in [-0.4, -0.2) is 70.1 Å². The van der Waals surface area contributed by atoms with Crippen molar-refractivity contribution in [3.05, 3.63) is 54.6 Å². The molecule has 1 spiro atoms. The Kier molecular flexibility index (Phi) is 8.19. The molecule has 0 saturated carbocycles. The van der Waals surface area contributed by atoms with Crippen molar-refractivity contribution >= 4 is 35.2 Å². The van der Waals surface area contributed by atoms with Crippen LogP contribution in [-0.2, 0) is 19.1 Å². The number of carbonyl (C=O) groups excluding carboxylic acids is 3. The van der Waals surface area contributed by atoms with Crippen LogP contribution in [0.15, 0.2) is 43.5 Å². The molecule has 8 heteroatoms. The summed E-state index contributed by atoms with van der Waals surface area (Å²) in [6.07, 6.45) is 5.05. The van der Waals surface area contributed by atoms with Gasteiger partial charge >= 0.3 is 5.97 Å². The Morgan fingerprint density at radius 3 is 2.73 bits per heavy atom. The van der Waals surface area contributed by atoms with Gasteiger partial charge in [0.05, 0.1) is 23.2 Å². The number of carbonyl (C=O) groups is 3. The Bertz CT molecular complexity index is 1090. The summed E-state index contributed by atoms with van der Waals surface area (Å²) in [6.45, 7) is 14.3. The van der Waals surface area contributed by atoms with E-state index in [9.17, 15) is 19.5 Å². The number of aliphatic hydroxyl groups excluding tert-OH is 1. The van der Waals surface area contributed by atoms with Gasteiger partial charge in [0.1, 0.15) is 6.04 Å². The van der Waals surface area contributed by atoms with Crippen LogP contribution in [0.5, 0.6) is 0 Å². The molecule has 3 unspecified atom stereocenters. The highest BCUT2D eigenvalue weighted by molar-refractivity contribution is 8.02. The summed E-state index contributed by atoms with van der Waals surface area (Å²) < 4.78 is 4.83. The van der Waals surface area contributed by atoms with Gasteiger partial charge in [0.15, 0.2) is 0 Å². The lowest BCUT2D eigenvalue weighted by molar-refractivity contribution is -0.154. The number of aryl methyl sites for hydroxylation is 2. The number of thioether (sulfide) groups is 1. The van der Waals surface area contributed by atoms with Crippen molar-refractivity contribution in [1.82, 2.24) is 4.90 Å². The van der Waals surface area contributed by atoms with E-state index in [1.807, 2.05) is 32.0 Å². The van der Waals surface area contributed by atoms with Gasteiger partial charge in [0.2, 0.25) is 5.91 Å². The first-order chi connectivity index (χ1) is 17.7. The van der Waals surface area contributed by atoms with E-state index in [4.69, 9.17) is 4.74 Å². The third-order valence-electron chi connectivity index (χ3n) is 8.11. The van der Waals surface area contributed by atoms with Gasteiger partial charge in [-0.25, -0.2) is 0 Å². The maximum atomic E-state index is 14.6. The monoisotopic (exact) mass is 526 g/mol. The zero-order valence-corrected chi connectivity index (χ0v) is 22.8. The number of anilines is 1. The van der Waals surface area contributed by atoms with Crippen LogP contribution in [0.3, 0.4) is 0 Å². The SMILES string of the molecule is C=CCCOC(=O)[C@@H]1[C@@H]2CC(C)C3(S2)C(C(=O)N(CC=C)c2cc(C)ccc2C)N(CCCO)C(=O)[C@H]13. The summed E-state index contributed by atoms with van der Waals surface area (Å²) in [4.78, 5) is 45.2. The minimum atomic E-state index is -0.743. The van der Waals surface area contributed by atoms with E-state index in [1.54, 1.807) is 33.7 Å². The summed E-state index contributed by atoms with van der Waals surface area (Å²) in [5.41, 5.74) is 2.79. The second kappa shape index (κ2) is 11.0. The highest BCUT2D eigenvalue weighted by Crippen LogP contribution is 2.68. The molecule has 3 heterocycles. The Morgan fingerprint density at radius 1 is 1.30 bits per heavy atom. The standard InChI is InChI=1S/C29H38N2O5S/c1-6-8-15-36-28(35)23-22-17-20(5)29(37-22)24(23)26(33)31(13-9-14-32)25(29)27(34)30(12-7-2)21-16-18(3)10-11-19(21)4/h6-7,10-11,16,20,22-25,32H,1-2,8-9,12-15,17H2,3-5H3/t20?,22-,23+,24-,25?,29?/m0/s1. The number of aliphatic hydroxyl groups is 1. The Hall–Kier alpha value is -2.58. The van der Waals surface area contributed by atoms with Crippen molar-refractivity contribution in [2.24, 2.45) is 17.8 Å². The van der Waals surface area contributed by atoms with E-state index in [2.05, 4.69) is 20.1 Å².